The van der Waals surface area contributed by atoms with Crippen molar-refractivity contribution in [1.82, 2.24) is 15.2 Å². The van der Waals surface area contributed by atoms with Crippen LogP contribution in [0.15, 0.2) is 23.6 Å². The van der Waals surface area contributed by atoms with Gasteiger partial charge in [0.25, 0.3) is 0 Å². The SMILES string of the molecule is CCc1nc(CN2CCC(CNC(C)c3ccc4c(c3)OCO4)CC2)cs1. The average Bonchev–Trinajstić information content (AvgIpc) is 3.35. The summed E-state index contributed by atoms with van der Waals surface area (Å²) in [6, 6.07) is 6.56. The summed E-state index contributed by atoms with van der Waals surface area (Å²) in [5, 5.41) is 7.18. The van der Waals surface area contributed by atoms with E-state index in [1.54, 1.807) is 11.3 Å². The molecule has 5 nitrogen and oxygen atoms in total. The van der Waals surface area contributed by atoms with Gasteiger partial charge in [-0.15, -0.1) is 11.3 Å². The lowest BCUT2D eigenvalue weighted by atomic mass is 9.96. The molecule has 4 rings (SSSR count). The Kier molecular flexibility index (Phi) is 5.95. The number of nitrogens with zero attached hydrogens (tertiary/aromatic N) is 2. The minimum absolute atomic E-state index is 0.319. The molecule has 2 aromatic rings. The predicted octanol–water partition coefficient (Wildman–Crippen LogP) is 4.00. The maximum absolute atomic E-state index is 5.49. The summed E-state index contributed by atoms with van der Waals surface area (Å²) in [5.41, 5.74) is 2.50. The van der Waals surface area contributed by atoms with E-state index in [4.69, 9.17) is 14.5 Å². The van der Waals surface area contributed by atoms with Gasteiger partial charge in [0.15, 0.2) is 11.5 Å². The lowest BCUT2D eigenvalue weighted by Crippen LogP contribution is -2.37. The van der Waals surface area contributed by atoms with Gasteiger partial charge in [0, 0.05) is 18.0 Å². The third kappa shape index (κ3) is 4.62. The molecule has 1 aromatic carbocycles. The number of hydrogen-bond acceptors (Lipinski definition) is 6. The van der Waals surface area contributed by atoms with Gasteiger partial charge in [0.05, 0.1) is 10.7 Å². The van der Waals surface area contributed by atoms with Crippen LogP contribution in [-0.2, 0) is 13.0 Å². The van der Waals surface area contributed by atoms with E-state index in [0.29, 0.717) is 12.8 Å². The smallest absolute Gasteiger partial charge is 0.231 e. The zero-order chi connectivity index (χ0) is 18.6. The molecule has 0 spiro atoms. The molecule has 2 aliphatic rings. The van der Waals surface area contributed by atoms with Crippen molar-refractivity contribution in [3.63, 3.8) is 0 Å². The molecule has 1 unspecified atom stereocenters. The largest absolute Gasteiger partial charge is 0.454 e. The van der Waals surface area contributed by atoms with Crippen molar-refractivity contribution in [1.29, 1.82) is 0 Å². The van der Waals surface area contributed by atoms with Crippen LogP contribution < -0.4 is 14.8 Å². The van der Waals surface area contributed by atoms with Crippen LogP contribution in [0.1, 0.15) is 49.0 Å². The van der Waals surface area contributed by atoms with E-state index >= 15 is 0 Å². The number of piperidine rings is 1. The maximum atomic E-state index is 5.49. The minimum atomic E-state index is 0.319. The highest BCUT2D eigenvalue weighted by atomic mass is 32.1. The molecular weight excluding hydrogens is 358 g/mol. The van der Waals surface area contributed by atoms with Crippen molar-refractivity contribution < 1.29 is 9.47 Å². The van der Waals surface area contributed by atoms with Gasteiger partial charge in [-0.3, -0.25) is 4.90 Å². The Morgan fingerprint density at radius 1 is 1.26 bits per heavy atom. The second kappa shape index (κ2) is 8.59. The third-order valence-corrected chi connectivity index (χ3v) is 6.65. The number of rotatable bonds is 7. The molecule has 27 heavy (non-hydrogen) atoms. The number of fused-ring (bicyclic) bond motifs is 1. The first kappa shape index (κ1) is 18.7. The van der Waals surface area contributed by atoms with Crippen LogP contribution in [-0.4, -0.2) is 36.3 Å². The Morgan fingerprint density at radius 2 is 2.07 bits per heavy atom. The van der Waals surface area contributed by atoms with Crippen LogP contribution in [0.2, 0.25) is 0 Å². The van der Waals surface area contributed by atoms with Crippen molar-refractivity contribution in [3.8, 4) is 11.5 Å². The first-order valence-electron chi connectivity index (χ1n) is 10.00. The molecule has 1 saturated heterocycles. The van der Waals surface area contributed by atoms with Crippen molar-refractivity contribution >= 4 is 11.3 Å². The first-order valence-corrected chi connectivity index (χ1v) is 10.9. The predicted molar refractivity (Wildman–Crippen MR) is 108 cm³/mol. The molecule has 2 aliphatic heterocycles. The Hall–Kier alpha value is -1.63. The molecule has 3 heterocycles. The van der Waals surface area contributed by atoms with Crippen LogP contribution in [0.25, 0.3) is 0 Å². The van der Waals surface area contributed by atoms with E-state index in [0.717, 1.165) is 36.9 Å². The van der Waals surface area contributed by atoms with E-state index < -0.39 is 0 Å². The van der Waals surface area contributed by atoms with Crippen molar-refractivity contribution in [2.24, 2.45) is 5.92 Å². The molecule has 0 bridgehead atoms. The molecule has 146 valence electrons. The number of aromatic nitrogens is 1. The minimum Gasteiger partial charge on any atom is -0.454 e. The van der Waals surface area contributed by atoms with E-state index in [-0.39, 0.29) is 0 Å². The monoisotopic (exact) mass is 387 g/mol. The zero-order valence-corrected chi connectivity index (χ0v) is 17.1. The Bertz CT molecular complexity index is 756. The van der Waals surface area contributed by atoms with Crippen LogP contribution in [0, 0.1) is 5.92 Å². The number of ether oxygens (including phenoxy) is 2. The number of likely N-dealkylation sites (tertiary alicyclic amines) is 1. The van der Waals surface area contributed by atoms with Gasteiger partial charge in [0.1, 0.15) is 0 Å². The fraction of sp³-hybridized carbons (Fsp3) is 0.571. The number of thiazole rings is 1. The Labute approximate surface area is 165 Å². The van der Waals surface area contributed by atoms with Crippen LogP contribution in [0.5, 0.6) is 11.5 Å². The summed E-state index contributed by atoms with van der Waals surface area (Å²) in [4.78, 5) is 7.25. The highest BCUT2D eigenvalue weighted by Gasteiger charge is 2.21. The average molecular weight is 388 g/mol. The molecule has 6 heteroatoms. The van der Waals surface area contributed by atoms with Gasteiger partial charge in [-0.1, -0.05) is 13.0 Å². The summed E-state index contributed by atoms with van der Waals surface area (Å²) in [6.45, 7) is 9.14. The normalized spacial score (nSPS) is 18.7. The number of benzene rings is 1. The molecule has 1 aromatic heterocycles. The second-order valence-corrected chi connectivity index (χ2v) is 8.49. The molecule has 0 aliphatic carbocycles. The van der Waals surface area contributed by atoms with E-state index in [1.807, 2.05) is 6.07 Å². The molecule has 1 atom stereocenters. The van der Waals surface area contributed by atoms with Crippen LogP contribution >= 0.6 is 11.3 Å². The molecular formula is C21H29N3O2S. The highest BCUT2D eigenvalue weighted by Crippen LogP contribution is 2.34. The Balaban J connectivity index is 1.21. The fourth-order valence-electron chi connectivity index (χ4n) is 3.81. The van der Waals surface area contributed by atoms with Crippen molar-refractivity contribution in [2.45, 2.75) is 45.7 Å². The third-order valence-electron chi connectivity index (χ3n) is 5.60. The quantitative estimate of drug-likeness (QED) is 0.778. The lowest BCUT2D eigenvalue weighted by molar-refractivity contribution is 0.172. The lowest BCUT2D eigenvalue weighted by Gasteiger charge is -2.32. The molecule has 1 N–H and O–H groups in total. The summed E-state index contributed by atoms with van der Waals surface area (Å²) < 4.78 is 10.9. The van der Waals surface area contributed by atoms with Gasteiger partial charge < -0.3 is 14.8 Å². The molecule has 1 fully saturated rings. The van der Waals surface area contributed by atoms with Crippen LogP contribution in [0.3, 0.4) is 0 Å². The van der Waals surface area contributed by atoms with Gasteiger partial charge in [-0.05, 0) is 69.4 Å². The fourth-order valence-corrected chi connectivity index (χ4v) is 4.54. The number of nitrogens with one attached hydrogen (secondary N) is 1. The topological polar surface area (TPSA) is 46.6 Å². The summed E-state index contributed by atoms with van der Waals surface area (Å²) in [6.07, 6.45) is 3.55. The summed E-state index contributed by atoms with van der Waals surface area (Å²) in [7, 11) is 0. The Morgan fingerprint density at radius 3 is 2.85 bits per heavy atom. The van der Waals surface area contributed by atoms with Gasteiger partial charge >= 0.3 is 0 Å². The van der Waals surface area contributed by atoms with Gasteiger partial charge in [-0.25, -0.2) is 4.98 Å². The maximum Gasteiger partial charge on any atom is 0.231 e. The van der Waals surface area contributed by atoms with E-state index in [9.17, 15) is 0 Å². The summed E-state index contributed by atoms with van der Waals surface area (Å²) >= 11 is 1.79. The highest BCUT2D eigenvalue weighted by molar-refractivity contribution is 7.09. The van der Waals surface area contributed by atoms with Crippen molar-refractivity contribution in [3.05, 3.63) is 39.8 Å². The second-order valence-electron chi connectivity index (χ2n) is 7.55. The zero-order valence-electron chi connectivity index (χ0n) is 16.2. The standard InChI is InChI=1S/C21H29N3O2S/c1-3-21-23-18(13-27-21)12-24-8-6-16(7-9-24)11-22-15(2)17-4-5-19-20(10-17)26-14-25-19/h4-5,10,13,15-16,22H,3,6-9,11-12,14H2,1-2H3. The number of aryl methyl sites for hydroxylation is 1. The summed E-state index contributed by atoms with van der Waals surface area (Å²) in [5.74, 6) is 2.46. The van der Waals surface area contributed by atoms with Crippen LogP contribution in [0.4, 0.5) is 0 Å². The van der Waals surface area contributed by atoms with Gasteiger partial charge in [0.2, 0.25) is 6.79 Å². The van der Waals surface area contributed by atoms with Crippen molar-refractivity contribution in [2.75, 3.05) is 26.4 Å². The molecule has 0 saturated carbocycles. The van der Waals surface area contributed by atoms with Gasteiger partial charge in [-0.2, -0.15) is 0 Å². The molecule has 0 radical (unpaired) electrons. The van der Waals surface area contributed by atoms with E-state index in [1.165, 1.54) is 42.2 Å². The molecule has 0 amide bonds. The number of hydrogen-bond donors (Lipinski definition) is 1. The first-order chi connectivity index (χ1) is 13.2. The van der Waals surface area contributed by atoms with E-state index in [2.05, 4.69) is 41.6 Å².